The van der Waals surface area contributed by atoms with E-state index in [9.17, 15) is 34.4 Å². The maximum absolute atomic E-state index is 13.2. The molecule has 0 atom stereocenters. The van der Waals surface area contributed by atoms with Crippen LogP contribution in [-0.4, -0.2) is 99.3 Å². The highest BCUT2D eigenvalue weighted by Gasteiger charge is 2.22. The standard InChI is InChI=1S/C29H30N8O11/c1-45-19-6-4-17(5-7-19)28(41)34-26-25-27(32-15-31-26)36(16-33-25)12-23(38)35(13-24(39)40)9-8-30-29(42)48-14-18-10-21(46-2)22(47-3)11-20(18)37(43)44/h4-7,10-11,15-16H,8-9,12-14H2,1-3H3,(H,30,42)(H,39,40)(H,31,32,34,41). The second-order valence-corrected chi connectivity index (χ2v) is 9.75. The Kier molecular flexibility index (Phi) is 11.2. The van der Waals surface area contributed by atoms with E-state index in [0.29, 0.717) is 11.3 Å². The molecule has 0 saturated carbocycles. The minimum absolute atomic E-state index is 0.0373. The number of methoxy groups -OCH3 is 3. The van der Waals surface area contributed by atoms with Gasteiger partial charge < -0.3 is 44.2 Å². The molecule has 2 aromatic heterocycles. The number of aliphatic carboxylic acids is 1. The normalized spacial score (nSPS) is 10.6. The zero-order valence-electron chi connectivity index (χ0n) is 25.9. The van der Waals surface area contributed by atoms with Crippen LogP contribution < -0.4 is 24.8 Å². The number of anilines is 1. The molecule has 0 aliphatic heterocycles. The van der Waals surface area contributed by atoms with Crippen LogP contribution in [0.15, 0.2) is 49.1 Å². The summed E-state index contributed by atoms with van der Waals surface area (Å²) in [4.78, 5) is 74.0. The molecule has 252 valence electrons. The number of carboxylic acid groups (broad SMARTS) is 1. The Morgan fingerprint density at radius 2 is 1.71 bits per heavy atom. The molecule has 19 heteroatoms. The second kappa shape index (κ2) is 15.7. The number of nitro benzene ring substituents is 1. The molecule has 2 heterocycles. The Labute approximate surface area is 271 Å². The number of nitrogens with zero attached hydrogens (tertiary/aromatic N) is 6. The number of amides is 3. The van der Waals surface area contributed by atoms with Gasteiger partial charge in [0.1, 0.15) is 31.8 Å². The monoisotopic (exact) mass is 666 g/mol. The van der Waals surface area contributed by atoms with E-state index in [4.69, 9.17) is 18.9 Å². The maximum Gasteiger partial charge on any atom is 0.407 e. The fourth-order valence-electron chi connectivity index (χ4n) is 4.39. The Morgan fingerprint density at radius 3 is 2.35 bits per heavy atom. The second-order valence-electron chi connectivity index (χ2n) is 9.75. The van der Waals surface area contributed by atoms with Gasteiger partial charge in [-0.25, -0.2) is 19.7 Å². The van der Waals surface area contributed by atoms with Crippen LogP contribution in [0.25, 0.3) is 11.2 Å². The Balaban J connectivity index is 1.37. The van der Waals surface area contributed by atoms with Gasteiger partial charge in [-0.05, 0) is 30.3 Å². The summed E-state index contributed by atoms with van der Waals surface area (Å²) in [6, 6.07) is 8.83. The summed E-state index contributed by atoms with van der Waals surface area (Å²) < 4.78 is 21.8. The first-order valence-corrected chi connectivity index (χ1v) is 13.9. The van der Waals surface area contributed by atoms with Gasteiger partial charge in [-0.3, -0.25) is 24.5 Å². The first-order valence-electron chi connectivity index (χ1n) is 13.9. The Morgan fingerprint density at radius 1 is 1.00 bits per heavy atom. The molecule has 3 amide bonds. The van der Waals surface area contributed by atoms with E-state index in [2.05, 4.69) is 25.6 Å². The number of carbonyl (C=O) groups excluding carboxylic acids is 3. The predicted octanol–water partition coefficient (Wildman–Crippen LogP) is 1.85. The quantitative estimate of drug-likeness (QED) is 0.121. The van der Waals surface area contributed by atoms with Crippen LogP contribution in [0.2, 0.25) is 0 Å². The number of imidazole rings is 1. The zero-order valence-corrected chi connectivity index (χ0v) is 25.9. The van der Waals surface area contributed by atoms with Crippen molar-refractivity contribution in [1.82, 2.24) is 29.7 Å². The topological polar surface area (TPSA) is 239 Å². The number of fused-ring (bicyclic) bond motifs is 1. The maximum atomic E-state index is 13.2. The SMILES string of the molecule is COc1ccc(C(=O)Nc2ncnc3c2ncn3CC(=O)N(CCNC(=O)OCc2cc(OC)c(OC)cc2[N+](=O)[O-])CC(=O)O)cc1. The molecule has 3 N–H and O–H groups in total. The van der Waals surface area contributed by atoms with Crippen molar-refractivity contribution in [3.63, 3.8) is 0 Å². The van der Waals surface area contributed by atoms with E-state index in [1.165, 1.54) is 44.6 Å². The highest BCUT2D eigenvalue weighted by atomic mass is 16.6. The van der Waals surface area contributed by atoms with Gasteiger partial charge in [0, 0.05) is 18.7 Å². The number of benzene rings is 2. The van der Waals surface area contributed by atoms with Crippen LogP contribution in [-0.2, 0) is 27.5 Å². The molecule has 0 fully saturated rings. The van der Waals surface area contributed by atoms with Crippen LogP contribution in [0.1, 0.15) is 15.9 Å². The third kappa shape index (κ3) is 8.38. The number of rotatable bonds is 15. The predicted molar refractivity (Wildman–Crippen MR) is 165 cm³/mol. The molecule has 0 spiro atoms. The van der Waals surface area contributed by atoms with E-state index >= 15 is 0 Å². The van der Waals surface area contributed by atoms with Crippen molar-refractivity contribution in [3.8, 4) is 17.2 Å². The van der Waals surface area contributed by atoms with Gasteiger partial charge in [-0.1, -0.05) is 0 Å². The van der Waals surface area contributed by atoms with E-state index < -0.39 is 42.0 Å². The Bertz CT molecular complexity index is 1830. The summed E-state index contributed by atoms with van der Waals surface area (Å²) in [6.07, 6.45) is 1.50. The molecule has 0 aliphatic rings. The molecule has 4 aromatic rings. The van der Waals surface area contributed by atoms with E-state index in [-0.39, 0.29) is 59.4 Å². The molecule has 0 saturated heterocycles. The van der Waals surface area contributed by atoms with Gasteiger partial charge in [0.05, 0.1) is 44.2 Å². The van der Waals surface area contributed by atoms with Crippen LogP contribution in [0.5, 0.6) is 17.2 Å². The number of hydrogen-bond donors (Lipinski definition) is 3. The van der Waals surface area contributed by atoms with Crippen molar-refractivity contribution < 1.29 is 48.2 Å². The minimum atomic E-state index is -1.30. The summed E-state index contributed by atoms with van der Waals surface area (Å²) in [7, 11) is 4.17. The number of alkyl carbamates (subject to hydrolysis) is 1. The molecular formula is C29H30N8O11. The van der Waals surface area contributed by atoms with Crippen molar-refractivity contribution in [2.75, 3.05) is 46.3 Å². The molecule has 2 aromatic carbocycles. The number of carbonyl (C=O) groups is 4. The third-order valence-corrected chi connectivity index (χ3v) is 6.76. The number of ether oxygens (including phenoxy) is 4. The minimum Gasteiger partial charge on any atom is -0.497 e. The number of aromatic nitrogens is 4. The lowest BCUT2D eigenvalue weighted by molar-refractivity contribution is -0.385. The first kappa shape index (κ1) is 34.3. The van der Waals surface area contributed by atoms with Crippen LogP contribution in [0, 0.1) is 10.1 Å². The summed E-state index contributed by atoms with van der Waals surface area (Å²) in [5, 5.41) is 25.9. The van der Waals surface area contributed by atoms with E-state index in [0.717, 1.165) is 11.0 Å². The molecule has 4 rings (SSSR count). The fourth-order valence-corrected chi connectivity index (χ4v) is 4.39. The van der Waals surface area contributed by atoms with Crippen molar-refractivity contribution >= 4 is 46.5 Å². The number of carboxylic acids is 1. The van der Waals surface area contributed by atoms with Crippen molar-refractivity contribution in [3.05, 3.63) is 70.3 Å². The van der Waals surface area contributed by atoms with Crippen LogP contribution in [0.4, 0.5) is 16.3 Å². The van der Waals surface area contributed by atoms with Gasteiger partial charge in [-0.2, -0.15) is 0 Å². The van der Waals surface area contributed by atoms with E-state index in [1.54, 1.807) is 24.3 Å². The highest BCUT2D eigenvalue weighted by molar-refractivity contribution is 6.06. The fraction of sp³-hybridized carbons (Fsp3) is 0.276. The average Bonchev–Trinajstić information content (AvgIpc) is 3.49. The van der Waals surface area contributed by atoms with E-state index in [1.807, 2.05) is 0 Å². The van der Waals surface area contributed by atoms with Crippen LogP contribution >= 0.6 is 0 Å². The number of nitro groups is 1. The largest absolute Gasteiger partial charge is 0.497 e. The lowest BCUT2D eigenvalue weighted by Gasteiger charge is -2.21. The van der Waals surface area contributed by atoms with Crippen molar-refractivity contribution in [2.45, 2.75) is 13.2 Å². The van der Waals surface area contributed by atoms with Gasteiger partial charge in [-0.15, -0.1) is 0 Å². The van der Waals surface area contributed by atoms with Gasteiger partial charge in [0.15, 0.2) is 28.5 Å². The van der Waals surface area contributed by atoms with Gasteiger partial charge >= 0.3 is 12.1 Å². The summed E-state index contributed by atoms with van der Waals surface area (Å²) >= 11 is 0. The molecule has 19 nitrogen and oxygen atoms in total. The Hall–Kier alpha value is -6.53. The molecule has 0 radical (unpaired) electrons. The number of hydrogen-bond acceptors (Lipinski definition) is 13. The molecular weight excluding hydrogens is 636 g/mol. The smallest absolute Gasteiger partial charge is 0.407 e. The summed E-state index contributed by atoms with van der Waals surface area (Å²) in [5.41, 5.74) is 0.403. The molecule has 0 aliphatic carbocycles. The molecule has 48 heavy (non-hydrogen) atoms. The lowest BCUT2D eigenvalue weighted by Crippen LogP contribution is -2.42. The van der Waals surface area contributed by atoms with Gasteiger partial charge in [0.25, 0.3) is 11.6 Å². The molecule has 0 unspecified atom stereocenters. The molecule has 0 bridgehead atoms. The van der Waals surface area contributed by atoms with Crippen LogP contribution in [0.3, 0.4) is 0 Å². The van der Waals surface area contributed by atoms with Crippen molar-refractivity contribution in [1.29, 1.82) is 0 Å². The third-order valence-electron chi connectivity index (χ3n) is 6.76. The first-order chi connectivity index (χ1) is 23.0. The summed E-state index contributed by atoms with van der Waals surface area (Å²) in [5.74, 6) is -1.43. The van der Waals surface area contributed by atoms with Crippen molar-refractivity contribution in [2.24, 2.45) is 0 Å². The van der Waals surface area contributed by atoms with Gasteiger partial charge in [0.2, 0.25) is 5.91 Å². The highest BCUT2D eigenvalue weighted by Crippen LogP contribution is 2.34. The lowest BCUT2D eigenvalue weighted by atomic mass is 10.1. The zero-order chi connectivity index (χ0) is 34.8. The average molecular weight is 667 g/mol. The summed E-state index contributed by atoms with van der Waals surface area (Å²) in [6.45, 7) is -1.97. The number of nitrogens with one attached hydrogen (secondary N) is 2.